The van der Waals surface area contributed by atoms with Crippen molar-refractivity contribution in [1.29, 1.82) is 0 Å². The summed E-state index contributed by atoms with van der Waals surface area (Å²) >= 11 is 6.60. The number of benzene rings is 2. The highest BCUT2D eigenvalue weighted by Crippen LogP contribution is 2.30. The molecule has 1 fully saturated rings. The number of alkyl halides is 1. The standard InChI is InChI=1S/C19H23Cl/c20-19(13-15-6-2-1-3-7-15)14-16-10-11-17-8-4-5-9-18(17)12-16/h4-5,8-12,15,19H,1-3,6-7,13-14H2. The molecule has 2 aromatic carbocycles. The van der Waals surface area contributed by atoms with Gasteiger partial charge >= 0.3 is 0 Å². The van der Waals surface area contributed by atoms with Crippen LogP contribution in [0.1, 0.15) is 44.1 Å². The van der Waals surface area contributed by atoms with Crippen LogP contribution in [0.3, 0.4) is 0 Å². The Morgan fingerprint density at radius 2 is 1.70 bits per heavy atom. The molecule has 1 atom stereocenters. The van der Waals surface area contributed by atoms with Gasteiger partial charge in [-0.05, 0) is 35.1 Å². The normalized spacial score (nSPS) is 18.2. The van der Waals surface area contributed by atoms with Crippen LogP contribution in [0, 0.1) is 5.92 Å². The van der Waals surface area contributed by atoms with Gasteiger partial charge in [-0.15, -0.1) is 11.6 Å². The van der Waals surface area contributed by atoms with Crippen molar-refractivity contribution >= 4 is 22.4 Å². The lowest BCUT2D eigenvalue weighted by atomic mass is 9.85. The smallest absolute Gasteiger partial charge is 0.0379 e. The third kappa shape index (κ3) is 3.55. The van der Waals surface area contributed by atoms with Crippen LogP contribution in [0.4, 0.5) is 0 Å². The fourth-order valence-electron chi connectivity index (χ4n) is 3.49. The third-order valence-electron chi connectivity index (χ3n) is 4.58. The fourth-order valence-corrected chi connectivity index (χ4v) is 3.92. The predicted molar refractivity (Wildman–Crippen MR) is 88.5 cm³/mol. The van der Waals surface area contributed by atoms with Crippen LogP contribution in [-0.2, 0) is 6.42 Å². The number of halogens is 1. The second-order valence-electron chi connectivity index (χ2n) is 6.22. The van der Waals surface area contributed by atoms with Crippen LogP contribution in [-0.4, -0.2) is 5.38 Å². The molecule has 0 aliphatic heterocycles. The molecule has 1 unspecified atom stereocenters. The Hall–Kier alpha value is -1.01. The summed E-state index contributed by atoms with van der Waals surface area (Å²) in [5.74, 6) is 0.867. The quantitative estimate of drug-likeness (QED) is 0.608. The van der Waals surface area contributed by atoms with E-state index in [2.05, 4.69) is 42.5 Å². The Balaban J connectivity index is 1.62. The van der Waals surface area contributed by atoms with Crippen LogP contribution < -0.4 is 0 Å². The Morgan fingerprint density at radius 1 is 0.950 bits per heavy atom. The first-order valence-electron chi connectivity index (χ1n) is 7.93. The van der Waals surface area contributed by atoms with Gasteiger partial charge in [-0.3, -0.25) is 0 Å². The summed E-state index contributed by atoms with van der Waals surface area (Å²) in [5.41, 5.74) is 1.37. The summed E-state index contributed by atoms with van der Waals surface area (Å²) in [5, 5.41) is 2.93. The van der Waals surface area contributed by atoms with Crippen molar-refractivity contribution in [2.24, 2.45) is 5.92 Å². The molecule has 1 heteroatoms. The van der Waals surface area contributed by atoms with Crippen molar-refractivity contribution in [1.82, 2.24) is 0 Å². The summed E-state index contributed by atoms with van der Waals surface area (Å²) in [7, 11) is 0. The van der Waals surface area contributed by atoms with Gasteiger partial charge in [0, 0.05) is 5.38 Å². The van der Waals surface area contributed by atoms with E-state index in [0.29, 0.717) is 5.38 Å². The first kappa shape index (κ1) is 13.9. The topological polar surface area (TPSA) is 0 Å². The minimum absolute atomic E-state index is 0.291. The van der Waals surface area contributed by atoms with Crippen LogP contribution in [0.2, 0.25) is 0 Å². The lowest BCUT2D eigenvalue weighted by molar-refractivity contribution is 0.334. The zero-order valence-corrected chi connectivity index (χ0v) is 12.8. The van der Waals surface area contributed by atoms with Gasteiger partial charge in [-0.25, -0.2) is 0 Å². The van der Waals surface area contributed by atoms with Gasteiger partial charge in [0.25, 0.3) is 0 Å². The van der Waals surface area contributed by atoms with Crippen molar-refractivity contribution in [3.05, 3.63) is 48.0 Å². The Bertz CT molecular complexity index is 554. The molecule has 1 aliphatic rings. The largest absolute Gasteiger partial charge is 0.123 e. The third-order valence-corrected chi connectivity index (χ3v) is 4.92. The molecule has 0 N–H and O–H groups in total. The molecular weight excluding hydrogens is 264 g/mol. The molecule has 0 aromatic heterocycles. The molecule has 1 saturated carbocycles. The average molecular weight is 287 g/mol. The molecule has 2 aromatic rings. The Labute approximate surface area is 127 Å². The first-order valence-corrected chi connectivity index (χ1v) is 8.36. The maximum atomic E-state index is 6.60. The minimum atomic E-state index is 0.291. The van der Waals surface area contributed by atoms with Crippen molar-refractivity contribution < 1.29 is 0 Å². The number of hydrogen-bond donors (Lipinski definition) is 0. The summed E-state index contributed by atoms with van der Waals surface area (Å²) in [6.07, 6.45) is 9.21. The second kappa shape index (κ2) is 6.63. The SMILES string of the molecule is ClC(Cc1ccc2ccccc2c1)CC1CCCCC1. The van der Waals surface area contributed by atoms with Crippen molar-refractivity contribution in [2.45, 2.75) is 50.3 Å². The summed E-state index contributed by atoms with van der Waals surface area (Å²) in [6.45, 7) is 0. The van der Waals surface area contributed by atoms with E-state index >= 15 is 0 Å². The monoisotopic (exact) mass is 286 g/mol. The maximum absolute atomic E-state index is 6.60. The van der Waals surface area contributed by atoms with E-state index in [0.717, 1.165) is 12.3 Å². The molecule has 0 bridgehead atoms. The van der Waals surface area contributed by atoms with Gasteiger partial charge in [0.2, 0.25) is 0 Å². The van der Waals surface area contributed by atoms with Crippen LogP contribution in [0.25, 0.3) is 10.8 Å². The van der Waals surface area contributed by atoms with E-state index in [1.807, 2.05) is 0 Å². The number of rotatable bonds is 4. The maximum Gasteiger partial charge on any atom is 0.0379 e. The molecule has 0 amide bonds. The zero-order valence-electron chi connectivity index (χ0n) is 12.0. The van der Waals surface area contributed by atoms with Gasteiger partial charge in [0.05, 0.1) is 0 Å². The van der Waals surface area contributed by atoms with Gasteiger partial charge in [-0.2, -0.15) is 0 Å². The molecule has 0 radical (unpaired) electrons. The molecule has 0 spiro atoms. The van der Waals surface area contributed by atoms with Crippen LogP contribution in [0.5, 0.6) is 0 Å². The molecular formula is C19H23Cl. The van der Waals surface area contributed by atoms with Gasteiger partial charge in [-0.1, -0.05) is 74.6 Å². The Morgan fingerprint density at radius 3 is 2.50 bits per heavy atom. The van der Waals surface area contributed by atoms with Gasteiger partial charge in [0.1, 0.15) is 0 Å². The lowest BCUT2D eigenvalue weighted by Gasteiger charge is -2.23. The number of hydrogen-bond acceptors (Lipinski definition) is 0. The molecule has 106 valence electrons. The second-order valence-corrected chi connectivity index (χ2v) is 6.84. The first-order chi connectivity index (χ1) is 9.81. The van der Waals surface area contributed by atoms with E-state index in [1.54, 1.807) is 0 Å². The Kier molecular flexibility index (Phi) is 4.62. The zero-order chi connectivity index (χ0) is 13.8. The molecule has 0 nitrogen and oxygen atoms in total. The highest BCUT2D eigenvalue weighted by Gasteiger charge is 2.17. The summed E-state index contributed by atoms with van der Waals surface area (Å²) < 4.78 is 0. The van der Waals surface area contributed by atoms with Crippen molar-refractivity contribution in [2.75, 3.05) is 0 Å². The molecule has 0 saturated heterocycles. The van der Waals surface area contributed by atoms with Crippen molar-refractivity contribution in [3.63, 3.8) is 0 Å². The van der Waals surface area contributed by atoms with E-state index in [9.17, 15) is 0 Å². The highest BCUT2D eigenvalue weighted by atomic mass is 35.5. The van der Waals surface area contributed by atoms with Crippen LogP contribution in [0.15, 0.2) is 42.5 Å². The fraction of sp³-hybridized carbons (Fsp3) is 0.474. The van der Waals surface area contributed by atoms with E-state index < -0.39 is 0 Å². The lowest BCUT2D eigenvalue weighted by Crippen LogP contribution is -2.14. The van der Waals surface area contributed by atoms with Crippen LogP contribution >= 0.6 is 11.6 Å². The average Bonchev–Trinajstić information content (AvgIpc) is 2.48. The van der Waals surface area contributed by atoms with E-state index in [1.165, 1.54) is 54.9 Å². The number of fused-ring (bicyclic) bond motifs is 1. The molecule has 0 heterocycles. The minimum Gasteiger partial charge on any atom is -0.123 e. The molecule has 1 aliphatic carbocycles. The van der Waals surface area contributed by atoms with Gasteiger partial charge < -0.3 is 0 Å². The van der Waals surface area contributed by atoms with Crippen molar-refractivity contribution in [3.8, 4) is 0 Å². The summed E-state index contributed by atoms with van der Waals surface area (Å²) in [4.78, 5) is 0. The highest BCUT2D eigenvalue weighted by molar-refractivity contribution is 6.20. The van der Waals surface area contributed by atoms with E-state index in [-0.39, 0.29) is 0 Å². The van der Waals surface area contributed by atoms with Gasteiger partial charge in [0.15, 0.2) is 0 Å². The van der Waals surface area contributed by atoms with E-state index in [4.69, 9.17) is 11.6 Å². The molecule has 20 heavy (non-hydrogen) atoms. The summed E-state index contributed by atoms with van der Waals surface area (Å²) in [6, 6.07) is 15.3. The molecule has 3 rings (SSSR count). The predicted octanol–water partition coefficient (Wildman–Crippen LogP) is 5.96.